The topological polar surface area (TPSA) is 72.8 Å². The Kier molecular flexibility index (Phi) is 5.68. The smallest absolute Gasteiger partial charge is 0.271 e. The maximum Gasteiger partial charge on any atom is 0.271 e. The molecule has 0 aliphatic heterocycles. The fourth-order valence-electron chi connectivity index (χ4n) is 2.05. The highest BCUT2D eigenvalue weighted by atomic mass is 16.5. The molecular weight excluding hydrogens is 294 g/mol. The van der Waals surface area contributed by atoms with Crippen molar-refractivity contribution >= 4 is 11.6 Å². The largest absolute Gasteiger partial charge is 0.493 e. The van der Waals surface area contributed by atoms with Crippen molar-refractivity contribution in [1.29, 1.82) is 0 Å². The zero-order chi connectivity index (χ0) is 16.7. The van der Waals surface area contributed by atoms with E-state index in [0.717, 1.165) is 11.3 Å². The van der Waals surface area contributed by atoms with E-state index in [2.05, 4.69) is 15.5 Å². The summed E-state index contributed by atoms with van der Waals surface area (Å²) in [7, 11) is 3.16. The highest BCUT2D eigenvalue weighted by Crippen LogP contribution is 2.28. The summed E-state index contributed by atoms with van der Waals surface area (Å²) in [5.41, 5.74) is 4.67. The number of carbonyl (C=O) groups is 1. The van der Waals surface area contributed by atoms with E-state index in [-0.39, 0.29) is 5.91 Å². The summed E-state index contributed by atoms with van der Waals surface area (Å²) >= 11 is 0. The molecule has 6 nitrogen and oxygen atoms in total. The van der Waals surface area contributed by atoms with Crippen LogP contribution in [0.2, 0.25) is 0 Å². The Balaban J connectivity index is 2.20. The lowest BCUT2D eigenvalue weighted by molar-refractivity contribution is 0.0954. The number of carbonyl (C=O) groups excluding carboxylic acids is 1. The van der Waals surface area contributed by atoms with Crippen molar-refractivity contribution in [2.75, 3.05) is 14.2 Å². The number of methoxy groups -OCH3 is 2. The normalized spacial score (nSPS) is 11.0. The maximum atomic E-state index is 12.0. The highest BCUT2D eigenvalue weighted by molar-refractivity contribution is 6.02. The lowest BCUT2D eigenvalue weighted by Crippen LogP contribution is -2.20. The monoisotopic (exact) mass is 313 g/mol. The van der Waals surface area contributed by atoms with Gasteiger partial charge in [-0.25, -0.2) is 5.43 Å². The van der Waals surface area contributed by atoms with Crippen molar-refractivity contribution in [2.45, 2.75) is 13.3 Å². The molecule has 0 atom stereocenters. The average molecular weight is 313 g/mol. The van der Waals surface area contributed by atoms with E-state index in [4.69, 9.17) is 9.47 Å². The number of benzene rings is 1. The summed E-state index contributed by atoms with van der Waals surface area (Å²) in [4.78, 5) is 15.9. The van der Waals surface area contributed by atoms with Crippen LogP contribution in [0.25, 0.3) is 0 Å². The standard InChI is InChI=1S/C17H19N3O3/c1-4-14(13-5-6-15(22-2)16(11-13)23-3)19-20-17(21)12-7-9-18-10-8-12/h5-11H,4H2,1-3H3,(H,20,21)/b19-14-. The number of pyridine rings is 1. The molecule has 120 valence electrons. The van der Waals surface area contributed by atoms with E-state index in [1.165, 1.54) is 0 Å². The van der Waals surface area contributed by atoms with Crippen LogP contribution < -0.4 is 14.9 Å². The van der Waals surface area contributed by atoms with Crippen molar-refractivity contribution in [3.63, 3.8) is 0 Å². The minimum absolute atomic E-state index is 0.279. The second-order valence-corrected chi connectivity index (χ2v) is 4.66. The molecule has 0 radical (unpaired) electrons. The van der Waals surface area contributed by atoms with Crippen LogP contribution in [0.15, 0.2) is 47.8 Å². The summed E-state index contributed by atoms with van der Waals surface area (Å²) in [6.45, 7) is 1.97. The molecule has 1 amide bonds. The molecular formula is C17H19N3O3. The van der Waals surface area contributed by atoms with Gasteiger partial charge in [0.05, 0.1) is 19.9 Å². The summed E-state index contributed by atoms with van der Waals surface area (Å²) in [5.74, 6) is 0.984. The number of aromatic nitrogens is 1. The van der Waals surface area contributed by atoms with Crippen LogP contribution in [0.1, 0.15) is 29.3 Å². The van der Waals surface area contributed by atoms with Crippen LogP contribution in [0, 0.1) is 0 Å². The molecule has 0 saturated heterocycles. The molecule has 1 heterocycles. The van der Waals surface area contributed by atoms with Gasteiger partial charge in [-0.15, -0.1) is 0 Å². The molecule has 1 aromatic carbocycles. The first-order chi connectivity index (χ1) is 11.2. The fraction of sp³-hybridized carbons (Fsp3) is 0.235. The Labute approximate surface area is 135 Å². The Morgan fingerprint density at radius 2 is 1.78 bits per heavy atom. The number of hydrogen-bond acceptors (Lipinski definition) is 5. The molecule has 2 aromatic rings. The number of ether oxygens (including phenoxy) is 2. The fourth-order valence-corrected chi connectivity index (χ4v) is 2.05. The van der Waals surface area contributed by atoms with Crippen LogP contribution in [-0.2, 0) is 0 Å². The molecule has 1 N–H and O–H groups in total. The Morgan fingerprint density at radius 3 is 2.39 bits per heavy atom. The first-order valence-electron chi connectivity index (χ1n) is 7.19. The second-order valence-electron chi connectivity index (χ2n) is 4.66. The zero-order valence-electron chi connectivity index (χ0n) is 13.4. The van der Waals surface area contributed by atoms with Crippen molar-refractivity contribution in [2.24, 2.45) is 5.10 Å². The van der Waals surface area contributed by atoms with Gasteiger partial charge in [-0.3, -0.25) is 9.78 Å². The summed E-state index contributed by atoms with van der Waals surface area (Å²) in [6, 6.07) is 8.78. The average Bonchev–Trinajstić information content (AvgIpc) is 2.62. The van der Waals surface area contributed by atoms with Crippen molar-refractivity contribution in [1.82, 2.24) is 10.4 Å². The van der Waals surface area contributed by atoms with Gasteiger partial charge in [0.1, 0.15) is 0 Å². The van der Waals surface area contributed by atoms with E-state index >= 15 is 0 Å². The van der Waals surface area contributed by atoms with Gasteiger partial charge in [0.2, 0.25) is 0 Å². The highest BCUT2D eigenvalue weighted by Gasteiger charge is 2.09. The number of amides is 1. The third-order valence-corrected chi connectivity index (χ3v) is 3.29. The Hall–Kier alpha value is -2.89. The van der Waals surface area contributed by atoms with Crippen LogP contribution in [0.3, 0.4) is 0 Å². The van der Waals surface area contributed by atoms with Gasteiger partial charge < -0.3 is 9.47 Å². The molecule has 0 saturated carbocycles. The van der Waals surface area contributed by atoms with E-state index in [0.29, 0.717) is 23.5 Å². The lowest BCUT2D eigenvalue weighted by atomic mass is 10.1. The van der Waals surface area contributed by atoms with Gasteiger partial charge >= 0.3 is 0 Å². The SMILES string of the molecule is CC/C(=N/NC(=O)c1ccncc1)c1ccc(OC)c(OC)c1. The molecule has 2 rings (SSSR count). The number of hydrazone groups is 1. The van der Waals surface area contributed by atoms with Crippen molar-refractivity contribution in [3.8, 4) is 11.5 Å². The molecule has 0 aliphatic rings. The first-order valence-corrected chi connectivity index (χ1v) is 7.19. The number of nitrogens with one attached hydrogen (secondary N) is 1. The third-order valence-electron chi connectivity index (χ3n) is 3.29. The molecule has 0 fully saturated rings. The number of nitrogens with zero attached hydrogens (tertiary/aromatic N) is 2. The molecule has 23 heavy (non-hydrogen) atoms. The van der Waals surface area contributed by atoms with E-state index < -0.39 is 0 Å². The van der Waals surface area contributed by atoms with Gasteiger partial charge in [0.15, 0.2) is 11.5 Å². The minimum atomic E-state index is -0.279. The molecule has 0 aliphatic carbocycles. The lowest BCUT2D eigenvalue weighted by Gasteiger charge is -2.10. The summed E-state index contributed by atoms with van der Waals surface area (Å²) in [6.07, 6.45) is 3.79. The molecule has 0 spiro atoms. The van der Waals surface area contributed by atoms with E-state index in [1.54, 1.807) is 38.7 Å². The van der Waals surface area contributed by atoms with Crippen molar-refractivity contribution in [3.05, 3.63) is 53.9 Å². The molecule has 1 aromatic heterocycles. The quantitative estimate of drug-likeness (QED) is 0.657. The van der Waals surface area contributed by atoms with Gasteiger partial charge in [-0.2, -0.15) is 5.10 Å². The summed E-state index contributed by atoms with van der Waals surface area (Å²) < 4.78 is 10.5. The van der Waals surface area contributed by atoms with E-state index in [9.17, 15) is 4.79 Å². The molecule has 0 bridgehead atoms. The molecule has 0 unspecified atom stereocenters. The van der Waals surface area contributed by atoms with E-state index in [1.807, 2.05) is 25.1 Å². The van der Waals surface area contributed by atoms with Gasteiger partial charge in [-0.1, -0.05) is 6.92 Å². The van der Waals surface area contributed by atoms with Gasteiger partial charge in [-0.05, 0) is 36.8 Å². The molecule has 6 heteroatoms. The number of hydrogen-bond donors (Lipinski definition) is 1. The van der Waals surface area contributed by atoms with Gasteiger partial charge in [0, 0.05) is 23.5 Å². The second kappa shape index (κ2) is 7.93. The Morgan fingerprint density at radius 1 is 1.09 bits per heavy atom. The van der Waals surface area contributed by atoms with Crippen LogP contribution in [0.4, 0.5) is 0 Å². The van der Waals surface area contributed by atoms with Crippen LogP contribution in [0.5, 0.6) is 11.5 Å². The van der Waals surface area contributed by atoms with Crippen LogP contribution in [-0.4, -0.2) is 30.8 Å². The Bertz CT molecular complexity index is 699. The maximum absolute atomic E-state index is 12.0. The predicted molar refractivity (Wildman–Crippen MR) is 88.1 cm³/mol. The summed E-state index contributed by atoms with van der Waals surface area (Å²) in [5, 5.41) is 4.22. The van der Waals surface area contributed by atoms with Crippen LogP contribution >= 0.6 is 0 Å². The van der Waals surface area contributed by atoms with Gasteiger partial charge in [0.25, 0.3) is 5.91 Å². The zero-order valence-corrected chi connectivity index (χ0v) is 13.4. The number of rotatable bonds is 6. The third kappa shape index (κ3) is 4.06. The first kappa shape index (κ1) is 16.5. The predicted octanol–water partition coefficient (Wildman–Crippen LogP) is 2.64. The van der Waals surface area contributed by atoms with Crippen molar-refractivity contribution < 1.29 is 14.3 Å². The minimum Gasteiger partial charge on any atom is -0.493 e.